The van der Waals surface area contributed by atoms with Gasteiger partial charge in [0.1, 0.15) is 5.82 Å². The number of hydrogen-bond donors (Lipinski definition) is 0. The number of halogens is 6. The fraction of sp³-hybridized carbons (Fsp3) is 0.0833. The summed E-state index contributed by atoms with van der Waals surface area (Å²) in [5.74, 6) is -0.707. The Kier molecular flexibility index (Phi) is 3.69. The van der Waals surface area contributed by atoms with Crippen LogP contribution in [-0.2, 0) is 6.18 Å². The lowest BCUT2D eigenvalue weighted by molar-refractivity contribution is -0.137. The highest BCUT2D eigenvalue weighted by atomic mass is 35.5. The van der Waals surface area contributed by atoms with Crippen molar-refractivity contribution in [2.24, 2.45) is 0 Å². The van der Waals surface area contributed by atoms with Crippen molar-refractivity contribution in [1.82, 2.24) is 4.98 Å². The van der Waals surface area contributed by atoms with E-state index < -0.39 is 17.6 Å². The second-order valence-corrected chi connectivity index (χ2v) is 4.52. The van der Waals surface area contributed by atoms with E-state index in [4.69, 9.17) is 23.2 Å². The molecule has 1 nitrogen and oxygen atoms in total. The minimum Gasteiger partial charge on any atom is -0.254 e. The van der Waals surface area contributed by atoms with Crippen LogP contribution in [0.5, 0.6) is 0 Å². The molecule has 100 valence electrons. The fourth-order valence-electron chi connectivity index (χ4n) is 1.47. The SMILES string of the molecule is Fc1cc(Cl)ccc1-c1ncc(C(F)(F)F)cc1Cl. The molecule has 0 spiro atoms. The summed E-state index contributed by atoms with van der Waals surface area (Å²) in [7, 11) is 0. The molecule has 0 saturated carbocycles. The average molecular weight is 310 g/mol. The van der Waals surface area contributed by atoms with Gasteiger partial charge in [0.05, 0.1) is 16.3 Å². The molecule has 0 aliphatic carbocycles. The van der Waals surface area contributed by atoms with Gasteiger partial charge in [-0.1, -0.05) is 23.2 Å². The van der Waals surface area contributed by atoms with Crippen LogP contribution in [0.1, 0.15) is 5.56 Å². The van der Waals surface area contributed by atoms with Crippen molar-refractivity contribution >= 4 is 23.2 Å². The smallest absolute Gasteiger partial charge is 0.254 e. The summed E-state index contributed by atoms with van der Waals surface area (Å²) >= 11 is 11.3. The van der Waals surface area contributed by atoms with Crippen molar-refractivity contribution in [2.45, 2.75) is 6.18 Å². The number of rotatable bonds is 1. The highest BCUT2D eigenvalue weighted by molar-refractivity contribution is 6.33. The predicted octanol–water partition coefficient (Wildman–Crippen LogP) is 5.21. The van der Waals surface area contributed by atoms with Gasteiger partial charge in [-0.2, -0.15) is 13.2 Å². The molecule has 2 rings (SSSR count). The van der Waals surface area contributed by atoms with E-state index >= 15 is 0 Å². The Balaban J connectivity index is 2.52. The van der Waals surface area contributed by atoms with E-state index in [1.54, 1.807) is 0 Å². The van der Waals surface area contributed by atoms with Crippen LogP contribution in [0.15, 0.2) is 30.5 Å². The second-order valence-electron chi connectivity index (χ2n) is 3.68. The molecule has 7 heteroatoms. The molecular weight excluding hydrogens is 305 g/mol. The van der Waals surface area contributed by atoms with Gasteiger partial charge < -0.3 is 0 Å². The maximum absolute atomic E-state index is 13.6. The van der Waals surface area contributed by atoms with Crippen LogP contribution >= 0.6 is 23.2 Å². The summed E-state index contributed by atoms with van der Waals surface area (Å²) in [6, 6.07) is 4.44. The minimum absolute atomic E-state index is 0.0110. The Morgan fingerprint density at radius 2 is 1.74 bits per heavy atom. The van der Waals surface area contributed by atoms with E-state index in [0.29, 0.717) is 12.3 Å². The third-order valence-corrected chi connectivity index (χ3v) is 2.88. The van der Waals surface area contributed by atoms with Crippen LogP contribution < -0.4 is 0 Å². The first-order chi connectivity index (χ1) is 8.79. The van der Waals surface area contributed by atoms with E-state index in [2.05, 4.69) is 4.98 Å². The van der Waals surface area contributed by atoms with Gasteiger partial charge >= 0.3 is 6.18 Å². The van der Waals surface area contributed by atoms with Crippen LogP contribution in [0.3, 0.4) is 0 Å². The Labute approximate surface area is 115 Å². The van der Waals surface area contributed by atoms with Crippen molar-refractivity contribution in [3.63, 3.8) is 0 Å². The van der Waals surface area contributed by atoms with Crippen LogP contribution in [0.4, 0.5) is 17.6 Å². The molecule has 1 aromatic carbocycles. The maximum atomic E-state index is 13.6. The summed E-state index contributed by atoms with van der Waals surface area (Å²) in [5, 5.41) is -0.111. The quantitative estimate of drug-likeness (QED) is 0.659. The van der Waals surface area contributed by atoms with Gasteiger partial charge in [-0.25, -0.2) is 4.39 Å². The summed E-state index contributed by atoms with van der Waals surface area (Å²) in [6.07, 6.45) is -3.94. The van der Waals surface area contributed by atoms with Gasteiger partial charge in [0, 0.05) is 16.8 Å². The van der Waals surface area contributed by atoms with E-state index in [0.717, 1.165) is 6.07 Å². The van der Waals surface area contributed by atoms with Crippen molar-refractivity contribution < 1.29 is 17.6 Å². The normalized spacial score (nSPS) is 11.7. The number of nitrogens with zero attached hydrogens (tertiary/aromatic N) is 1. The number of benzene rings is 1. The van der Waals surface area contributed by atoms with Crippen LogP contribution in [-0.4, -0.2) is 4.98 Å². The molecule has 0 radical (unpaired) electrons. The average Bonchev–Trinajstić information content (AvgIpc) is 2.28. The van der Waals surface area contributed by atoms with Crippen molar-refractivity contribution in [3.8, 4) is 11.3 Å². The summed E-state index contributed by atoms with van der Waals surface area (Å²) in [6.45, 7) is 0. The molecule has 0 aliphatic rings. The van der Waals surface area contributed by atoms with Gasteiger partial charge in [0.2, 0.25) is 0 Å². The largest absolute Gasteiger partial charge is 0.417 e. The molecule has 0 atom stereocenters. The zero-order valence-corrected chi connectivity index (χ0v) is 10.6. The minimum atomic E-state index is -4.55. The van der Waals surface area contributed by atoms with Gasteiger partial charge in [0.15, 0.2) is 0 Å². The van der Waals surface area contributed by atoms with Crippen LogP contribution in [0.2, 0.25) is 10.0 Å². The topological polar surface area (TPSA) is 12.9 Å². The molecule has 0 aliphatic heterocycles. The Bertz CT molecular complexity index is 626. The zero-order chi connectivity index (χ0) is 14.2. The first kappa shape index (κ1) is 14.1. The number of hydrogen-bond acceptors (Lipinski definition) is 1. The zero-order valence-electron chi connectivity index (χ0n) is 9.10. The van der Waals surface area contributed by atoms with Crippen molar-refractivity contribution in [3.05, 3.63) is 51.9 Å². The van der Waals surface area contributed by atoms with Crippen molar-refractivity contribution in [1.29, 1.82) is 0 Å². The molecule has 0 N–H and O–H groups in total. The van der Waals surface area contributed by atoms with Gasteiger partial charge in [-0.15, -0.1) is 0 Å². The van der Waals surface area contributed by atoms with E-state index in [1.807, 2.05) is 0 Å². The lowest BCUT2D eigenvalue weighted by Crippen LogP contribution is -2.06. The summed E-state index contributed by atoms with van der Waals surface area (Å²) in [5.41, 5.74) is -1.07. The number of alkyl halides is 3. The Hall–Kier alpha value is -1.33. The fourth-order valence-corrected chi connectivity index (χ4v) is 1.90. The molecule has 0 amide bonds. The molecule has 0 unspecified atom stereocenters. The molecule has 19 heavy (non-hydrogen) atoms. The number of aromatic nitrogens is 1. The Morgan fingerprint density at radius 1 is 1.05 bits per heavy atom. The maximum Gasteiger partial charge on any atom is 0.417 e. The predicted molar refractivity (Wildman–Crippen MR) is 64.7 cm³/mol. The number of pyridine rings is 1. The van der Waals surface area contributed by atoms with E-state index in [-0.39, 0.29) is 21.3 Å². The summed E-state index contributed by atoms with van der Waals surface area (Å²) < 4.78 is 51.0. The standard InChI is InChI=1S/C12H5Cl2F4N/c13-7-1-2-8(10(15)4-7)11-9(14)3-6(5-19-11)12(16,17)18/h1-5H. The highest BCUT2D eigenvalue weighted by Crippen LogP contribution is 2.35. The van der Waals surface area contributed by atoms with Crippen LogP contribution in [0, 0.1) is 5.82 Å². The second kappa shape index (κ2) is 4.98. The van der Waals surface area contributed by atoms with E-state index in [1.165, 1.54) is 12.1 Å². The van der Waals surface area contributed by atoms with E-state index in [9.17, 15) is 17.6 Å². The summed E-state index contributed by atoms with van der Waals surface area (Å²) in [4.78, 5) is 3.57. The molecular formula is C12H5Cl2F4N. The highest BCUT2D eigenvalue weighted by Gasteiger charge is 2.31. The van der Waals surface area contributed by atoms with Crippen LogP contribution in [0.25, 0.3) is 11.3 Å². The molecule has 1 heterocycles. The molecule has 1 aromatic heterocycles. The first-order valence-corrected chi connectivity index (χ1v) is 5.73. The Morgan fingerprint density at radius 3 is 2.26 bits per heavy atom. The molecule has 2 aromatic rings. The van der Waals surface area contributed by atoms with Gasteiger partial charge in [-0.05, 0) is 24.3 Å². The first-order valence-electron chi connectivity index (χ1n) is 4.97. The molecule has 0 saturated heterocycles. The van der Waals surface area contributed by atoms with Gasteiger partial charge in [-0.3, -0.25) is 4.98 Å². The monoisotopic (exact) mass is 309 g/mol. The lowest BCUT2D eigenvalue weighted by atomic mass is 10.1. The third-order valence-electron chi connectivity index (χ3n) is 2.35. The molecule has 0 fully saturated rings. The third kappa shape index (κ3) is 2.98. The van der Waals surface area contributed by atoms with Gasteiger partial charge in [0.25, 0.3) is 0 Å². The van der Waals surface area contributed by atoms with Crippen molar-refractivity contribution in [2.75, 3.05) is 0 Å². The molecule has 0 bridgehead atoms. The lowest BCUT2D eigenvalue weighted by Gasteiger charge is -2.09.